The van der Waals surface area contributed by atoms with Crippen molar-refractivity contribution in [1.82, 2.24) is 5.32 Å². The third-order valence-electron chi connectivity index (χ3n) is 6.14. The van der Waals surface area contributed by atoms with Gasteiger partial charge in [-0.15, -0.1) is 0 Å². The molecule has 3 aromatic rings. The van der Waals surface area contributed by atoms with Gasteiger partial charge in [-0.3, -0.25) is 9.59 Å². The van der Waals surface area contributed by atoms with Crippen molar-refractivity contribution in [2.24, 2.45) is 0 Å². The topological polar surface area (TPSA) is 79.5 Å². The largest absolute Gasteiger partial charge is 0.493 e. The molecule has 2 amide bonds. The first-order valence-electron chi connectivity index (χ1n) is 12.4. The lowest BCUT2D eigenvalue weighted by molar-refractivity contribution is -0.114. The lowest BCUT2D eigenvalue weighted by Crippen LogP contribution is -2.36. The second-order valence-corrected chi connectivity index (χ2v) is 8.90. The first-order valence-corrected chi connectivity index (χ1v) is 12.4. The molecule has 6 nitrogen and oxygen atoms in total. The summed E-state index contributed by atoms with van der Waals surface area (Å²) in [6.07, 6.45) is 6.50. The van der Waals surface area contributed by atoms with E-state index in [2.05, 4.69) is 28.1 Å². The number of hydrogen-bond donors (Lipinski definition) is 3. The Balaban J connectivity index is 1.23. The normalized spacial score (nSPS) is 13.6. The van der Waals surface area contributed by atoms with Crippen LogP contribution in [0.2, 0.25) is 0 Å². The molecule has 0 aliphatic heterocycles. The number of ether oxygens (including phenoxy) is 1. The fraction of sp³-hybridized carbons (Fsp3) is 0.310. The average Bonchev–Trinajstić information content (AvgIpc) is 2.89. The van der Waals surface area contributed by atoms with Crippen LogP contribution in [-0.4, -0.2) is 31.0 Å². The molecule has 35 heavy (non-hydrogen) atoms. The first-order chi connectivity index (χ1) is 17.2. The highest BCUT2D eigenvalue weighted by Gasteiger charge is 2.16. The molecule has 4 rings (SSSR count). The molecule has 0 bridgehead atoms. The van der Waals surface area contributed by atoms with Gasteiger partial charge in [0, 0.05) is 35.5 Å². The van der Waals surface area contributed by atoms with Gasteiger partial charge < -0.3 is 20.7 Å². The molecule has 1 aliphatic carbocycles. The van der Waals surface area contributed by atoms with Gasteiger partial charge >= 0.3 is 0 Å². The molecule has 3 N–H and O–H groups in total. The van der Waals surface area contributed by atoms with Gasteiger partial charge in [0.15, 0.2) is 0 Å². The summed E-state index contributed by atoms with van der Waals surface area (Å²) in [5.74, 6) is 0.473. The highest BCUT2D eigenvalue weighted by atomic mass is 16.5. The minimum atomic E-state index is -0.177. The van der Waals surface area contributed by atoms with E-state index in [0.717, 1.165) is 24.9 Å². The van der Waals surface area contributed by atoms with Crippen molar-refractivity contribution in [2.75, 3.05) is 23.8 Å². The van der Waals surface area contributed by atoms with Crippen molar-refractivity contribution < 1.29 is 14.3 Å². The SMILES string of the molecule is O=C(CNc1cccc(C(=O)NC2CCCCC2)c1)Nc1cccc(OCCc2ccccc2)c1. The lowest BCUT2D eigenvalue weighted by Gasteiger charge is -2.22. The van der Waals surface area contributed by atoms with E-state index in [-0.39, 0.29) is 24.4 Å². The molecular formula is C29H33N3O3. The molecule has 0 heterocycles. The van der Waals surface area contributed by atoms with Crippen LogP contribution in [0.5, 0.6) is 5.75 Å². The van der Waals surface area contributed by atoms with E-state index in [1.807, 2.05) is 54.6 Å². The van der Waals surface area contributed by atoms with Gasteiger partial charge in [-0.2, -0.15) is 0 Å². The maximum atomic E-state index is 12.6. The molecule has 0 unspecified atom stereocenters. The second kappa shape index (κ2) is 12.6. The van der Waals surface area contributed by atoms with Crippen molar-refractivity contribution in [3.05, 3.63) is 90.0 Å². The van der Waals surface area contributed by atoms with E-state index in [0.29, 0.717) is 23.6 Å². The number of rotatable bonds is 10. The zero-order valence-electron chi connectivity index (χ0n) is 20.0. The number of carbonyl (C=O) groups is 2. The maximum Gasteiger partial charge on any atom is 0.251 e. The van der Waals surface area contributed by atoms with Crippen LogP contribution in [0.4, 0.5) is 11.4 Å². The quantitative estimate of drug-likeness (QED) is 0.369. The minimum Gasteiger partial charge on any atom is -0.493 e. The van der Waals surface area contributed by atoms with E-state index >= 15 is 0 Å². The van der Waals surface area contributed by atoms with Gasteiger partial charge in [0.2, 0.25) is 5.91 Å². The predicted octanol–water partition coefficient (Wildman–Crippen LogP) is 5.42. The number of benzene rings is 3. The van der Waals surface area contributed by atoms with E-state index in [1.54, 1.807) is 12.1 Å². The van der Waals surface area contributed by atoms with Crippen LogP contribution in [0.15, 0.2) is 78.9 Å². The summed E-state index contributed by atoms with van der Waals surface area (Å²) in [5.41, 5.74) is 3.23. The maximum absolute atomic E-state index is 12.6. The van der Waals surface area contributed by atoms with Crippen LogP contribution in [0.1, 0.15) is 48.0 Å². The fourth-order valence-electron chi connectivity index (χ4n) is 4.27. The standard InChI is InChI=1S/C29H33N3O3/c33-28(31-26-15-8-16-27(20-26)35-18-17-22-9-3-1-4-10-22)21-30-25-14-7-11-23(19-25)29(34)32-24-12-5-2-6-13-24/h1,3-4,7-11,14-16,19-20,24,30H,2,5-6,12-13,17-18,21H2,(H,31,33)(H,32,34). The Kier molecular flexibility index (Phi) is 8.76. The van der Waals surface area contributed by atoms with E-state index in [1.165, 1.54) is 24.8 Å². The summed E-state index contributed by atoms with van der Waals surface area (Å²) in [4.78, 5) is 25.1. The summed E-state index contributed by atoms with van der Waals surface area (Å²) < 4.78 is 5.85. The Morgan fingerprint density at radius 2 is 1.60 bits per heavy atom. The predicted molar refractivity (Wildman–Crippen MR) is 140 cm³/mol. The number of nitrogens with one attached hydrogen (secondary N) is 3. The molecule has 0 aromatic heterocycles. The van der Waals surface area contributed by atoms with Crippen molar-refractivity contribution in [3.63, 3.8) is 0 Å². The zero-order chi connectivity index (χ0) is 24.3. The number of carbonyl (C=O) groups excluding carboxylic acids is 2. The Morgan fingerprint density at radius 3 is 2.43 bits per heavy atom. The number of amides is 2. The summed E-state index contributed by atoms with van der Waals surface area (Å²) in [7, 11) is 0. The van der Waals surface area contributed by atoms with Crippen LogP contribution in [0.25, 0.3) is 0 Å². The van der Waals surface area contributed by atoms with Crippen LogP contribution in [-0.2, 0) is 11.2 Å². The molecule has 1 saturated carbocycles. The molecule has 1 fully saturated rings. The molecule has 0 saturated heterocycles. The Morgan fingerprint density at radius 1 is 0.829 bits per heavy atom. The highest BCUT2D eigenvalue weighted by Crippen LogP contribution is 2.19. The summed E-state index contributed by atoms with van der Waals surface area (Å²) >= 11 is 0. The minimum absolute atomic E-state index is 0.0610. The molecule has 3 aromatic carbocycles. The molecule has 1 aliphatic rings. The van der Waals surface area contributed by atoms with Crippen LogP contribution < -0.4 is 20.7 Å². The molecular weight excluding hydrogens is 438 g/mol. The zero-order valence-corrected chi connectivity index (χ0v) is 20.0. The Labute approximate surface area is 207 Å². The van der Waals surface area contributed by atoms with Gasteiger partial charge in [-0.1, -0.05) is 61.7 Å². The van der Waals surface area contributed by atoms with Crippen LogP contribution in [0.3, 0.4) is 0 Å². The molecule has 0 radical (unpaired) electrons. The Bertz CT molecular complexity index is 1110. The molecule has 182 valence electrons. The second-order valence-electron chi connectivity index (χ2n) is 8.90. The van der Waals surface area contributed by atoms with Crippen LogP contribution in [0, 0.1) is 0 Å². The van der Waals surface area contributed by atoms with E-state index < -0.39 is 0 Å². The van der Waals surface area contributed by atoms with Crippen molar-refractivity contribution in [3.8, 4) is 5.75 Å². The van der Waals surface area contributed by atoms with Gasteiger partial charge in [-0.25, -0.2) is 0 Å². The number of anilines is 2. The monoisotopic (exact) mass is 471 g/mol. The fourth-order valence-corrected chi connectivity index (χ4v) is 4.27. The van der Waals surface area contributed by atoms with Crippen molar-refractivity contribution in [2.45, 2.75) is 44.6 Å². The first kappa shape index (κ1) is 24.3. The third-order valence-corrected chi connectivity index (χ3v) is 6.14. The highest BCUT2D eigenvalue weighted by molar-refractivity contribution is 5.96. The average molecular weight is 472 g/mol. The van der Waals surface area contributed by atoms with Gasteiger partial charge in [0.1, 0.15) is 5.75 Å². The van der Waals surface area contributed by atoms with Crippen LogP contribution >= 0.6 is 0 Å². The van der Waals surface area contributed by atoms with Crippen molar-refractivity contribution in [1.29, 1.82) is 0 Å². The lowest BCUT2D eigenvalue weighted by atomic mass is 9.95. The van der Waals surface area contributed by atoms with E-state index in [9.17, 15) is 9.59 Å². The Hall–Kier alpha value is -3.80. The summed E-state index contributed by atoms with van der Waals surface area (Å²) in [6, 6.07) is 25.1. The summed E-state index contributed by atoms with van der Waals surface area (Å²) in [5, 5.41) is 9.13. The molecule has 0 atom stereocenters. The third kappa shape index (κ3) is 7.88. The number of hydrogen-bond acceptors (Lipinski definition) is 4. The van der Waals surface area contributed by atoms with Gasteiger partial charge in [0.25, 0.3) is 5.91 Å². The van der Waals surface area contributed by atoms with Gasteiger partial charge in [0.05, 0.1) is 13.2 Å². The smallest absolute Gasteiger partial charge is 0.251 e. The van der Waals surface area contributed by atoms with E-state index in [4.69, 9.17) is 4.74 Å². The molecule has 0 spiro atoms. The van der Waals surface area contributed by atoms with Gasteiger partial charge in [-0.05, 0) is 48.7 Å². The summed E-state index contributed by atoms with van der Waals surface area (Å²) in [6.45, 7) is 0.653. The molecule has 6 heteroatoms. The van der Waals surface area contributed by atoms with Crippen molar-refractivity contribution >= 4 is 23.2 Å².